The number of aliphatic hydroxyl groups is 1. The Kier molecular flexibility index (Phi) is 4.19. The van der Waals surface area contributed by atoms with E-state index in [9.17, 15) is 0 Å². The van der Waals surface area contributed by atoms with Gasteiger partial charge in [0.25, 0.3) is 0 Å². The highest BCUT2D eigenvalue weighted by Gasteiger charge is 2.17. The maximum absolute atomic E-state index is 8.97. The molecule has 0 bridgehead atoms. The number of β-amino-alcohol motifs (C(OH)–C–C–N with tert-alkyl or cyclic N) is 1. The van der Waals surface area contributed by atoms with Crippen molar-refractivity contribution >= 4 is 32.7 Å². The lowest BCUT2D eigenvalue weighted by molar-refractivity contribution is 0.188. The number of anilines is 1. The number of halogens is 1. The Balaban J connectivity index is 1.76. The Morgan fingerprint density at radius 3 is 2.65 bits per heavy atom. The lowest BCUT2D eigenvalue weighted by atomic mass is 10.2. The summed E-state index contributed by atoms with van der Waals surface area (Å²) in [6.07, 6.45) is 0. The third-order valence-corrected chi connectivity index (χ3v) is 4.24. The molecule has 3 rings (SSSR count). The lowest BCUT2D eigenvalue weighted by Crippen LogP contribution is -2.47. The molecule has 4 nitrogen and oxygen atoms in total. The van der Waals surface area contributed by atoms with Crippen molar-refractivity contribution in [2.75, 3.05) is 44.2 Å². The van der Waals surface area contributed by atoms with Crippen LogP contribution in [-0.2, 0) is 0 Å². The van der Waals surface area contributed by atoms with Gasteiger partial charge in [-0.3, -0.25) is 4.90 Å². The van der Waals surface area contributed by atoms with Gasteiger partial charge < -0.3 is 10.0 Å². The summed E-state index contributed by atoms with van der Waals surface area (Å²) in [5.74, 6) is 1.04. The third-order valence-electron chi connectivity index (χ3n) is 3.75. The van der Waals surface area contributed by atoms with Gasteiger partial charge in [-0.15, -0.1) is 0 Å². The molecule has 106 valence electrons. The standard InChI is InChI=1S/C15H18BrN3O/c16-13-2-3-14-12(11-13)1-4-15(17-14)19-7-5-18(6-8-19)9-10-20/h1-4,11,20H,5-10H2. The molecular formula is C15H18BrN3O. The Morgan fingerprint density at radius 2 is 1.90 bits per heavy atom. The molecule has 2 heterocycles. The highest BCUT2D eigenvalue weighted by atomic mass is 79.9. The van der Waals surface area contributed by atoms with E-state index in [1.54, 1.807) is 0 Å². The highest BCUT2D eigenvalue weighted by molar-refractivity contribution is 9.10. The summed E-state index contributed by atoms with van der Waals surface area (Å²) in [5, 5.41) is 10.1. The van der Waals surface area contributed by atoms with Gasteiger partial charge in [0, 0.05) is 42.6 Å². The fourth-order valence-corrected chi connectivity index (χ4v) is 2.98. The number of nitrogens with zero attached hydrogens (tertiary/aromatic N) is 3. The normalized spacial score (nSPS) is 16.8. The Bertz CT molecular complexity index is 597. The minimum atomic E-state index is 0.239. The Labute approximate surface area is 127 Å². The highest BCUT2D eigenvalue weighted by Crippen LogP contribution is 2.22. The minimum Gasteiger partial charge on any atom is -0.395 e. The number of piperazine rings is 1. The number of aromatic nitrogens is 1. The second kappa shape index (κ2) is 6.08. The molecule has 2 aromatic rings. The van der Waals surface area contributed by atoms with E-state index in [0.29, 0.717) is 0 Å². The summed E-state index contributed by atoms with van der Waals surface area (Å²) in [7, 11) is 0. The second-order valence-electron chi connectivity index (χ2n) is 5.06. The van der Waals surface area contributed by atoms with Gasteiger partial charge in [0.1, 0.15) is 5.82 Å². The average molecular weight is 336 g/mol. The Hall–Kier alpha value is -1.17. The molecule has 0 atom stereocenters. The average Bonchev–Trinajstić information content (AvgIpc) is 2.48. The molecule has 5 heteroatoms. The van der Waals surface area contributed by atoms with Crippen molar-refractivity contribution in [3.63, 3.8) is 0 Å². The maximum Gasteiger partial charge on any atom is 0.129 e. The number of rotatable bonds is 3. The van der Waals surface area contributed by atoms with E-state index in [-0.39, 0.29) is 6.61 Å². The monoisotopic (exact) mass is 335 g/mol. The van der Waals surface area contributed by atoms with Gasteiger partial charge in [-0.25, -0.2) is 4.98 Å². The van der Waals surface area contributed by atoms with Crippen LogP contribution in [0, 0.1) is 0 Å². The van der Waals surface area contributed by atoms with Crippen molar-refractivity contribution in [3.8, 4) is 0 Å². The van der Waals surface area contributed by atoms with Gasteiger partial charge in [0.2, 0.25) is 0 Å². The largest absolute Gasteiger partial charge is 0.395 e. The van der Waals surface area contributed by atoms with Crippen LogP contribution >= 0.6 is 15.9 Å². The number of hydrogen-bond acceptors (Lipinski definition) is 4. The van der Waals surface area contributed by atoms with E-state index in [2.05, 4.69) is 43.9 Å². The van der Waals surface area contributed by atoms with Gasteiger partial charge >= 0.3 is 0 Å². The molecule has 0 aliphatic carbocycles. The van der Waals surface area contributed by atoms with Crippen LogP contribution in [0.4, 0.5) is 5.82 Å². The first-order valence-electron chi connectivity index (χ1n) is 6.91. The van der Waals surface area contributed by atoms with Crippen molar-refractivity contribution in [3.05, 3.63) is 34.8 Å². The smallest absolute Gasteiger partial charge is 0.129 e. The lowest BCUT2D eigenvalue weighted by Gasteiger charge is -2.35. The third kappa shape index (κ3) is 2.95. The topological polar surface area (TPSA) is 39.6 Å². The molecule has 0 amide bonds. The molecule has 1 aliphatic heterocycles. The molecule has 20 heavy (non-hydrogen) atoms. The van der Waals surface area contributed by atoms with Crippen molar-refractivity contribution in [1.82, 2.24) is 9.88 Å². The number of aliphatic hydroxyl groups excluding tert-OH is 1. The first-order chi connectivity index (χ1) is 9.76. The van der Waals surface area contributed by atoms with Gasteiger partial charge in [-0.1, -0.05) is 15.9 Å². The van der Waals surface area contributed by atoms with Crippen molar-refractivity contribution in [2.24, 2.45) is 0 Å². The van der Waals surface area contributed by atoms with Gasteiger partial charge in [0.05, 0.1) is 12.1 Å². The van der Waals surface area contributed by atoms with Crippen LogP contribution in [0.15, 0.2) is 34.8 Å². The zero-order valence-corrected chi connectivity index (χ0v) is 12.9. The molecular weight excluding hydrogens is 318 g/mol. The summed E-state index contributed by atoms with van der Waals surface area (Å²) in [5.41, 5.74) is 1.03. The summed E-state index contributed by atoms with van der Waals surface area (Å²) in [6, 6.07) is 10.4. The van der Waals surface area contributed by atoms with Crippen LogP contribution in [0.5, 0.6) is 0 Å². The fraction of sp³-hybridized carbons (Fsp3) is 0.400. The van der Waals surface area contributed by atoms with Crippen molar-refractivity contribution < 1.29 is 5.11 Å². The number of fused-ring (bicyclic) bond motifs is 1. The first-order valence-corrected chi connectivity index (χ1v) is 7.70. The zero-order valence-electron chi connectivity index (χ0n) is 11.3. The molecule has 1 saturated heterocycles. The van der Waals surface area contributed by atoms with E-state index >= 15 is 0 Å². The second-order valence-corrected chi connectivity index (χ2v) is 5.97. The number of hydrogen-bond donors (Lipinski definition) is 1. The Morgan fingerprint density at radius 1 is 1.10 bits per heavy atom. The molecule has 1 aromatic heterocycles. The van der Waals surface area contributed by atoms with E-state index < -0.39 is 0 Å². The fourth-order valence-electron chi connectivity index (χ4n) is 2.60. The zero-order chi connectivity index (χ0) is 13.9. The predicted octanol–water partition coefficient (Wildman–Crippen LogP) is 2.11. The number of pyridine rings is 1. The maximum atomic E-state index is 8.97. The van der Waals surface area contributed by atoms with Crippen LogP contribution < -0.4 is 4.90 Å². The minimum absolute atomic E-state index is 0.239. The molecule has 0 radical (unpaired) electrons. The van der Waals surface area contributed by atoms with E-state index in [4.69, 9.17) is 10.1 Å². The van der Waals surface area contributed by atoms with Crippen molar-refractivity contribution in [1.29, 1.82) is 0 Å². The van der Waals surface area contributed by atoms with Crippen LogP contribution in [-0.4, -0.2) is 54.3 Å². The van der Waals surface area contributed by atoms with E-state index in [1.807, 2.05) is 12.1 Å². The van der Waals surface area contributed by atoms with Gasteiger partial charge in [0.15, 0.2) is 0 Å². The molecule has 0 spiro atoms. The van der Waals surface area contributed by atoms with Gasteiger partial charge in [-0.05, 0) is 30.3 Å². The SMILES string of the molecule is OCCN1CCN(c2ccc3cc(Br)ccc3n2)CC1. The molecule has 1 aliphatic rings. The number of benzene rings is 1. The summed E-state index contributed by atoms with van der Waals surface area (Å²) < 4.78 is 1.08. The molecule has 1 fully saturated rings. The predicted molar refractivity (Wildman–Crippen MR) is 85.2 cm³/mol. The summed E-state index contributed by atoms with van der Waals surface area (Å²) in [6.45, 7) is 4.92. The molecule has 0 unspecified atom stereocenters. The van der Waals surface area contributed by atoms with E-state index in [1.165, 1.54) is 0 Å². The molecule has 1 N–H and O–H groups in total. The summed E-state index contributed by atoms with van der Waals surface area (Å²) in [4.78, 5) is 9.35. The van der Waals surface area contributed by atoms with Crippen LogP contribution in [0.2, 0.25) is 0 Å². The van der Waals surface area contributed by atoms with E-state index in [0.717, 1.165) is 53.9 Å². The van der Waals surface area contributed by atoms with Gasteiger partial charge in [-0.2, -0.15) is 0 Å². The first kappa shape index (κ1) is 13.8. The van der Waals surface area contributed by atoms with Crippen molar-refractivity contribution in [2.45, 2.75) is 0 Å². The molecule has 0 saturated carbocycles. The quantitative estimate of drug-likeness (QED) is 0.932. The van der Waals surface area contributed by atoms with Crippen LogP contribution in [0.1, 0.15) is 0 Å². The summed E-state index contributed by atoms with van der Waals surface area (Å²) >= 11 is 3.48. The van der Waals surface area contributed by atoms with Crippen LogP contribution in [0.3, 0.4) is 0 Å². The van der Waals surface area contributed by atoms with Crippen LogP contribution in [0.25, 0.3) is 10.9 Å². The molecule has 1 aromatic carbocycles.